The van der Waals surface area contributed by atoms with Gasteiger partial charge >= 0.3 is 0 Å². The molecule has 114 valence electrons. The summed E-state index contributed by atoms with van der Waals surface area (Å²) in [6.07, 6.45) is 5.04. The number of rotatable bonds is 3. The Morgan fingerprint density at radius 2 is 2.19 bits per heavy atom. The van der Waals surface area contributed by atoms with E-state index in [4.69, 9.17) is 9.47 Å². The predicted octanol–water partition coefficient (Wildman–Crippen LogP) is 4.09. The largest absolute Gasteiger partial charge is 0.489 e. The minimum absolute atomic E-state index is 0.00483. The topological polar surface area (TPSA) is 35.5 Å². The SMILES string of the molecule is O=Cc1cc(Br)ccc1OC1CCOC2(CCSCC2)C1. The maximum atomic E-state index is 11.2. The lowest BCUT2D eigenvalue weighted by Crippen LogP contribution is -2.46. The number of hydrogen-bond acceptors (Lipinski definition) is 4. The van der Waals surface area contributed by atoms with Gasteiger partial charge in [0.1, 0.15) is 11.9 Å². The highest BCUT2D eigenvalue weighted by Crippen LogP contribution is 2.39. The summed E-state index contributed by atoms with van der Waals surface area (Å²) in [4.78, 5) is 11.2. The number of carbonyl (C=O) groups is 1. The van der Waals surface area contributed by atoms with E-state index >= 15 is 0 Å². The summed E-state index contributed by atoms with van der Waals surface area (Å²) in [6, 6.07) is 5.58. The molecular weight excluding hydrogens is 352 g/mol. The number of aldehydes is 1. The second-order valence-corrected chi connectivity index (χ2v) is 7.82. The van der Waals surface area contributed by atoms with Crippen LogP contribution < -0.4 is 4.74 Å². The molecule has 1 spiro atoms. The third-order valence-corrected chi connectivity index (χ3v) is 5.72. The molecule has 21 heavy (non-hydrogen) atoms. The Labute approximate surface area is 137 Å². The van der Waals surface area contributed by atoms with Gasteiger partial charge in [0, 0.05) is 17.3 Å². The van der Waals surface area contributed by atoms with E-state index in [-0.39, 0.29) is 11.7 Å². The molecule has 2 saturated heterocycles. The molecule has 0 radical (unpaired) electrons. The van der Waals surface area contributed by atoms with E-state index < -0.39 is 0 Å². The third-order valence-electron chi connectivity index (χ3n) is 4.24. The second kappa shape index (κ2) is 6.71. The Kier molecular flexibility index (Phi) is 4.92. The molecule has 0 amide bonds. The van der Waals surface area contributed by atoms with Crippen LogP contribution >= 0.6 is 27.7 Å². The van der Waals surface area contributed by atoms with Crippen molar-refractivity contribution in [3.05, 3.63) is 28.2 Å². The molecule has 0 N–H and O–H groups in total. The number of thioether (sulfide) groups is 1. The van der Waals surface area contributed by atoms with E-state index in [2.05, 4.69) is 15.9 Å². The summed E-state index contributed by atoms with van der Waals surface area (Å²) in [5.74, 6) is 3.02. The lowest BCUT2D eigenvalue weighted by Gasteiger charge is -2.43. The lowest BCUT2D eigenvalue weighted by atomic mass is 9.86. The zero-order valence-electron chi connectivity index (χ0n) is 11.8. The van der Waals surface area contributed by atoms with Gasteiger partial charge in [-0.3, -0.25) is 4.79 Å². The van der Waals surface area contributed by atoms with Gasteiger partial charge in [0.15, 0.2) is 6.29 Å². The van der Waals surface area contributed by atoms with Crippen LogP contribution in [0.5, 0.6) is 5.75 Å². The fourth-order valence-corrected chi connectivity index (χ4v) is 4.69. The van der Waals surface area contributed by atoms with Crippen LogP contribution in [0.3, 0.4) is 0 Å². The van der Waals surface area contributed by atoms with Gasteiger partial charge in [-0.2, -0.15) is 11.8 Å². The van der Waals surface area contributed by atoms with Gasteiger partial charge in [-0.1, -0.05) is 15.9 Å². The number of ether oxygens (including phenoxy) is 2. The van der Waals surface area contributed by atoms with Crippen LogP contribution in [-0.4, -0.2) is 36.1 Å². The molecule has 0 bridgehead atoms. The molecule has 1 aromatic rings. The van der Waals surface area contributed by atoms with Gasteiger partial charge < -0.3 is 9.47 Å². The summed E-state index contributed by atoms with van der Waals surface area (Å²) in [5.41, 5.74) is 0.606. The quantitative estimate of drug-likeness (QED) is 0.750. The Hall–Kier alpha value is -0.520. The molecule has 3 rings (SSSR count). The zero-order chi connectivity index (χ0) is 14.7. The highest BCUT2D eigenvalue weighted by molar-refractivity contribution is 9.10. The smallest absolute Gasteiger partial charge is 0.153 e. The van der Waals surface area contributed by atoms with E-state index in [9.17, 15) is 4.79 Å². The van der Waals surface area contributed by atoms with Crippen molar-refractivity contribution in [1.82, 2.24) is 0 Å². The molecule has 0 aliphatic carbocycles. The summed E-state index contributed by atoms with van der Waals surface area (Å²) >= 11 is 5.39. The summed E-state index contributed by atoms with van der Waals surface area (Å²) in [7, 11) is 0. The molecule has 5 heteroatoms. The maximum absolute atomic E-state index is 11.2. The van der Waals surface area contributed by atoms with Gasteiger partial charge in [-0.05, 0) is 42.5 Å². The fourth-order valence-electron chi connectivity index (χ4n) is 3.07. The van der Waals surface area contributed by atoms with E-state index in [0.717, 1.165) is 43.0 Å². The predicted molar refractivity (Wildman–Crippen MR) is 88.4 cm³/mol. The second-order valence-electron chi connectivity index (χ2n) is 5.68. The van der Waals surface area contributed by atoms with Crippen molar-refractivity contribution < 1.29 is 14.3 Å². The van der Waals surface area contributed by atoms with Crippen molar-refractivity contribution in [2.45, 2.75) is 37.4 Å². The highest BCUT2D eigenvalue weighted by Gasteiger charge is 2.39. The first-order chi connectivity index (χ1) is 10.2. The van der Waals surface area contributed by atoms with Crippen molar-refractivity contribution in [1.29, 1.82) is 0 Å². The zero-order valence-corrected chi connectivity index (χ0v) is 14.2. The van der Waals surface area contributed by atoms with Crippen LogP contribution in [0.2, 0.25) is 0 Å². The molecule has 0 aromatic heterocycles. The van der Waals surface area contributed by atoms with Crippen LogP contribution in [-0.2, 0) is 4.74 Å². The molecule has 1 unspecified atom stereocenters. The first-order valence-electron chi connectivity index (χ1n) is 7.34. The van der Waals surface area contributed by atoms with Gasteiger partial charge in [0.05, 0.1) is 17.8 Å². The van der Waals surface area contributed by atoms with Crippen molar-refractivity contribution >= 4 is 34.0 Å². The van der Waals surface area contributed by atoms with Crippen LogP contribution in [0.1, 0.15) is 36.0 Å². The fraction of sp³-hybridized carbons (Fsp3) is 0.562. The number of carbonyl (C=O) groups excluding carboxylic acids is 1. The molecule has 2 aliphatic heterocycles. The van der Waals surface area contributed by atoms with Crippen molar-refractivity contribution in [3.8, 4) is 5.75 Å². The van der Waals surface area contributed by atoms with E-state index in [0.29, 0.717) is 11.3 Å². The lowest BCUT2D eigenvalue weighted by molar-refractivity contribution is -0.116. The van der Waals surface area contributed by atoms with Gasteiger partial charge in [-0.25, -0.2) is 0 Å². The minimum atomic E-state index is 0.00483. The average molecular weight is 371 g/mol. The first-order valence-corrected chi connectivity index (χ1v) is 9.29. The Balaban J connectivity index is 1.71. The average Bonchev–Trinajstić information content (AvgIpc) is 2.50. The van der Waals surface area contributed by atoms with E-state index in [1.807, 2.05) is 23.9 Å². The number of halogens is 1. The Morgan fingerprint density at radius 3 is 2.95 bits per heavy atom. The molecular formula is C16H19BrO3S. The van der Waals surface area contributed by atoms with E-state index in [1.165, 1.54) is 11.5 Å². The van der Waals surface area contributed by atoms with Gasteiger partial charge in [0.25, 0.3) is 0 Å². The minimum Gasteiger partial charge on any atom is -0.489 e. The monoisotopic (exact) mass is 370 g/mol. The van der Waals surface area contributed by atoms with Crippen molar-refractivity contribution in [3.63, 3.8) is 0 Å². The summed E-state index contributed by atoms with van der Waals surface area (Å²) in [6.45, 7) is 0.752. The summed E-state index contributed by atoms with van der Waals surface area (Å²) < 4.78 is 13.1. The van der Waals surface area contributed by atoms with Crippen LogP contribution in [0.15, 0.2) is 22.7 Å². The Bertz CT molecular complexity index is 509. The summed E-state index contributed by atoms with van der Waals surface area (Å²) in [5, 5.41) is 0. The third kappa shape index (κ3) is 3.63. The van der Waals surface area contributed by atoms with Crippen LogP contribution in [0.25, 0.3) is 0 Å². The standard InChI is InChI=1S/C16H19BrO3S/c17-13-1-2-15(12(9-13)11-18)20-14-3-6-19-16(10-14)4-7-21-8-5-16/h1-2,9,11,14H,3-8,10H2. The van der Waals surface area contributed by atoms with Crippen molar-refractivity contribution in [2.24, 2.45) is 0 Å². The van der Waals surface area contributed by atoms with Crippen LogP contribution in [0.4, 0.5) is 0 Å². The molecule has 0 saturated carbocycles. The van der Waals surface area contributed by atoms with E-state index in [1.54, 1.807) is 6.07 Å². The number of benzene rings is 1. The Morgan fingerprint density at radius 1 is 1.38 bits per heavy atom. The molecule has 2 heterocycles. The van der Waals surface area contributed by atoms with Crippen molar-refractivity contribution in [2.75, 3.05) is 18.1 Å². The molecule has 3 nitrogen and oxygen atoms in total. The first kappa shape index (κ1) is 15.4. The maximum Gasteiger partial charge on any atom is 0.153 e. The molecule has 2 fully saturated rings. The highest BCUT2D eigenvalue weighted by atomic mass is 79.9. The number of hydrogen-bond donors (Lipinski definition) is 0. The normalized spacial score (nSPS) is 24.7. The van der Waals surface area contributed by atoms with Gasteiger partial charge in [0.2, 0.25) is 0 Å². The molecule has 1 aromatic carbocycles. The molecule has 2 aliphatic rings. The molecule has 1 atom stereocenters. The van der Waals surface area contributed by atoms with Crippen LogP contribution in [0, 0.1) is 0 Å². The van der Waals surface area contributed by atoms with Gasteiger partial charge in [-0.15, -0.1) is 0 Å².